The minimum atomic E-state index is -0.318. The highest BCUT2D eigenvalue weighted by Gasteiger charge is 2.11. The fraction of sp³-hybridized carbons (Fsp3) is 0.167. The first-order chi connectivity index (χ1) is 8.06. The number of hydrogen-bond donors (Lipinski definition) is 1. The van der Waals surface area contributed by atoms with Crippen molar-refractivity contribution in [1.29, 1.82) is 0 Å². The SMILES string of the molecule is Cc1cc(C(=O)Nc2ccc(C)c(Cl)c2)no1. The van der Waals surface area contributed by atoms with E-state index in [-0.39, 0.29) is 11.6 Å². The quantitative estimate of drug-likeness (QED) is 0.891. The van der Waals surface area contributed by atoms with Crippen LogP contribution in [0.4, 0.5) is 5.69 Å². The van der Waals surface area contributed by atoms with Gasteiger partial charge in [-0.05, 0) is 31.5 Å². The van der Waals surface area contributed by atoms with E-state index in [0.29, 0.717) is 16.5 Å². The number of hydrogen-bond acceptors (Lipinski definition) is 3. The summed E-state index contributed by atoms with van der Waals surface area (Å²) in [5.74, 6) is 0.277. The summed E-state index contributed by atoms with van der Waals surface area (Å²) in [7, 11) is 0. The molecule has 1 N–H and O–H groups in total. The Labute approximate surface area is 104 Å². The summed E-state index contributed by atoms with van der Waals surface area (Å²) in [6, 6.07) is 6.89. The van der Waals surface area contributed by atoms with Crippen LogP contribution in [-0.4, -0.2) is 11.1 Å². The Bertz CT molecular complexity index is 563. The van der Waals surface area contributed by atoms with Crippen LogP contribution in [0.3, 0.4) is 0 Å². The van der Waals surface area contributed by atoms with Gasteiger partial charge in [0.1, 0.15) is 5.76 Å². The molecule has 0 fully saturated rings. The van der Waals surface area contributed by atoms with Crippen molar-refractivity contribution in [3.63, 3.8) is 0 Å². The maximum atomic E-state index is 11.7. The van der Waals surface area contributed by atoms with Crippen molar-refractivity contribution in [3.8, 4) is 0 Å². The molecule has 1 aromatic carbocycles. The Morgan fingerprint density at radius 2 is 2.12 bits per heavy atom. The molecule has 5 heteroatoms. The maximum absolute atomic E-state index is 11.7. The third-order valence-electron chi connectivity index (χ3n) is 2.29. The second kappa shape index (κ2) is 4.59. The molecule has 0 aliphatic carbocycles. The predicted octanol–water partition coefficient (Wildman–Crippen LogP) is 3.20. The highest BCUT2D eigenvalue weighted by molar-refractivity contribution is 6.31. The largest absolute Gasteiger partial charge is 0.361 e. The summed E-state index contributed by atoms with van der Waals surface area (Å²) in [5, 5.41) is 6.94. The zero-order chi connectivity index (χ0) is 12.4. The van der Waals surface area contributed by atoms with Crippen LogP contribution in [0.1, 0.15) is 21.8 Å². The molecule has 1 amide bonds. The standard InChI is InChI=1S/C12H11ClN2O2/c1-7-3-4-9(6-10(7)13)14-12(16)11-5-8(2)17-15-11/h3-6H,1-2H3,(H,14,16). The Morgan fingerprint density at radius 3 is 2.71 bits per heavy atom. The van der Waals surface area contributed by atoms with E-state index in [9.17, 15) is 4.79 Å². The number of amides is 1. The molecule has 4 nitrogen and oxygen atoms in total. The van der Waals surface area contributed by atoms with E-state index in [2.05, 4.69) is 10.5 Å². The van der Waals surface area contributed by atoms with Gasteiger partial charge in [-0.25, -0.2) is 0 Å². The summed E-state index contributed by atoms with van der Waals surface area (Å²) in [6.07, 6.45) is 0. The predicted molar refractivity (Wildman–Crippen MR) is 65.4 cm³/mol. The molecule has 0 aliphatic rings. The monoisotopic (exact) mass is 250 g/mol. The van der Waals surface area contributed by atoms with Crippen LogP contribution in [-0.2, 0) is 0 Å². The van der Waals surface area contributed by atoms with Crippen molar-refractivity contribution in [2.24, 2.45) is 0 Å². The number of aryl methyl sites for hydroxylation is 2. The van der Waals surface area contributed by atoms with Gasteiger partial charge in [0.2, 0.25) is 0 Å². The van der Waals surface area contributed by atoms with Crippen molar-refractivity contribution < 1.29 is 9.32 Å². The summed E-state index contributed by atoms with van der Waals surface area (Å²) >= 11 is 5.96. The molecule has 1 heterocycles. The van der Waals surface area contributed by atoms with E-state index in [1.807, 2.05) is 13.0 Å². The van der Waals surface area contributed by atoms with E-state index in [1.54, 1.807) is 25.1 Å². The first-order valence-electron chi connectivity index (χ1n) is 5.07. The molecule has 0 spiro atoms. The third-order valence-corrected chi connectivity index (χ3v) is 2.70. The van der Waals surface area contributed by atoms with Crippen molar-refractivity contribution in [3.05, 3.63) is 46.3 Å². The average Bonchev–Trinajstić information content (AvgIpc) is 2.70. The molecule has 0 saturated heterocycles. The van der Waals surface area contributed by atoms with Crippen LogP contribution in [0.2, 0.25) is 5.02 Å². The Balaban J connectivity index is 2.15. The molecule has 0 bridgehead atoms. The molecule has 1 aromatic heterocycles. The number of rotatable bonds is 2. The first-order valence-corrected chi connectivity index (χ1v) is 5.45. The van der Waals surface area contributed by atoms with Gasteiger partial charge in [0, 0.05) is 16.8 Å². The highest BCUT2D eigenvalue weighted by atomic mass is 35.5. The molecule has 0 radical (unpaired) electrons. The lowest BCUT2D eigenvalue weighted by Crippen LogP contribution is -2.12. The van der Waals surface area contributed by atoms with Gasteiger partial charge >= 0.3 is 0 Å². The molecule has 0 atom stereocenters. The van der Waals surface area contributed by atoms with Crippen molar-refractivity contribution in [2.75, 3.05) is 5.32 Å². The number of nitrogens with zero attached hydrogens (tertiary/aromatic N) is 1. The molecule has 0 aliphatic heterocycles. The van der Waals surface area contributed by atoms with Crippen LogP contribution in [0.25, 0.3) is 0 Å². The molecule has 0 saturated carbocycles. The topological polar surface area (TPSA) is 55.1 Å². The number of carbonyl (C=O) groups excluding carboxylic acids is 1. The van der Waals surface area contributed by atoms with Crippen LogP contribution < -0.4 is 5.32 Å². The maximum Gasteiger partial charge on any atom is 0.277 e. The lowest BCUT2D eigenvalue weighted by Gasteiger charge is -2.04. The molecular formula is C12H11ClN2O2. The molecular weight excluding hydrogens is 240 g/mol. The van der Waals surface area contributed by atoms with Crippen LogP contribution in [0.5, 0.6) is 0 Å². The Hall–Kier alpha value is -1.81. The third kappa shape index (κ3) is 2.65. The normalized spacial score (nSPS) is 10.3. The Kier molecular flexibility index (Phi) is 3.15. The van der Waals surface area contributed by atoms with Crippen LogP contribution in [0, 0.1) is 13.8 Å². The molecule has 2 rings (SSSR count). The van der Waals surface area contributed by atoms with Gasteiger partial charge in [0.15, 0.2) is 5.69 Å². The highest BCUT2D eigenvalue weighted by Crippen LogP contribution is 2.20. The second-order valence-electron chi connectivity index (χ2n) is 3.74. The lowest BCUT2D eigenvalue weighted by atomic mass is 10.2. The van der Waals surface area contributed by atoms with Gasteiger partial charge in [-0.1, -0.05) is 22.8 Å². The van der Waals surface area contributed by atoms with Gasteiger partial charge in [-0.3, -0.25) is 4.79 Å². The van der Waals surface area contributed by atoms with Gasteiger partial charge in [-0.2, -0.15) is 0 Å². The van der Waals surface area contributed by atoms with E-state index in [4.69, 9.17) is 16.1 Å². The summed E-state index contributed by atoms with van der Waals surface area (Å²) in [6.45, 7) is 3.63. The van der Waals surface area contributed by atoms with E-state index < -0.39 is 0 Å². The lowest BCUT2D eigenvalue weighted by molar-refractivity contribution is 0.101. The molecule has 88 valence electrons. The smallest absolute Gasteiger partial charge is 0.277 e. The molecule has 0 unspecified atom stereocenters. The molecule has 17 heavy (non-hydrogen) atoms. The van der Waals surface area contributed by atoms with E-state index in [1.165, 1.54) is 0 Å². The van der Waals surface area contributed by atoms with Gasteiger partial charge < -0.3 is 9.84 Å². The van der Waals surface area contributed by atoms with Crippen molar-refractivity contribution >= 4 is 23.2 Å². The minimum absolute atomic E-state index is 0.249. The Morgan fingerprint density at radius 1 is 1.35 bits per heavy atom. The number of anilines is 1. The number of nitrogens with one attached hydrogen (secondary N) is 1. The van der Waals surface area contributed by atoms with Crippen LogP contribution in [0.15, 0.2) is 28.8 Å². The van der Waals surface area contributed by atoms with Crippen molar-refractivity contribution in [1.82, 2.24) is 5.16 Å². The van der Waals surface area contributed by atoms with Crippen LogP contribution >= 0.6 is 11.6 Å². The molecule has 2 aromatic rings. The van der Waals surface area contributed by atoms with Gasteiger partial charge in [-0.15, -0.1) is 0 Å². The minimum Gasteiger partial charge on any atom is -0.361 e. The summed E-state index contributed by atoms with van der Waals surface area (Å²) in [5.41, 5.74) is 1.84. The number of benzene rings is 1. The van der Waals surface area contributed by atoms with E-state index in [0.717, 1.165) is 5.56 Å². The first kappa shape index (κ1) is 11.7. The second-order valence-corrected chi connectivity index (χ2v) is 4.15. The van der Waals surface area contributed by atoms with Gasteiger partial charge in [0.05, 0.1) is 0 Å². The summed E-state index contributed by atoms with van der Waals surface area (Å²) in [4.78, 5) is 11.7. The fourth-order valence-electron chi connectivity index (χ4n) is 1.34. The number of carbonyl (C=O) groups is 1. The van der Waals surface area contributed by atoms with Gasteiger partial charge in [0.25, 0.3) is 5.91 Å². The van der Waals surface area contributed by atoms with E-state index >= 15 is 0 Å². The number of aromatic nitrogens is 1. The summed E-state index contributed by atoms with van der Waals surface area (Å²) < 4.78 is 4.83. The number of halogens is 1. The average molecular weight is 251 g/mol. The zero-order valence-electron chi connectivity index (χ0n) is 9.45. The zero-order valence-corrected chi connectivity index (χ0v) is 10.2. The fourth-order valence-corrected chi connectivity index (χ4v) is 1.52. The van der Waals surface area contributed by atoms with Crippen molar-refractivity contribution in [2.45, 2.75) is 13.8 Å².